The molecule has 1 rings (SSSR count). The lowest BCUT2D eigenvalue weighted by Gasteiger charge is -2.32. The fourth-order valence-electron chi connectivity index (χ4n) is 3.73. The number of carbonyl (C=O) groups is 3. The monoisotopic (exact) mass is 503 g/mol. The van der Waals surface area contributed by atoms with Crippen LogP contribution >= 0.6 is 11.8 Å². The second-order valence-corrected chi connectivity index (χ2v) is 10.8. The quantitative estimate of drug-likeness (QED) is 0.337. The predicted molar refractivity (Wildman–Crippen MR) is 143 cm³/mol. The van der Waals surface area contributed by atoms with Gasteiger partial charge in [0.2, 0.25) is 5.91 Å². The molecule has 0 saturated carbocycles. The van der Waals surface area contributed by atoms with Crippen molar-refractivity contribution in [2.24, 2.45) is 0 Å². The van der Waals surface area contributed by atoms with Gasteiger partial charge in [0.05, 0.1) is 0 Å². The van der Waals surface area contributed by atoms with Gasteiger partial charge < -0.3 is 15.4 Å². The summed E-state index contributed by atoms with van der Waals surface area (Å²) in [6.07, 6.45) is 9.09. The molecule has 1 aromatic rings. The van der Waals surface area contributed by atoms with Crippen LogP contribution in [0.15, 0.2) is 18.2 Å². The zero-order chi connectivity index (χ0) is 26.8. The Morgan fingerprint density at radius 3 is 2.34 bits per heavy atom. The zero-order valence-electron chi connectivity index (χ0n) is 22.4. The molecule has 1 aromatic carbocycles. The van der Waals surface area contributed by atoms with Gasteiger partial charge in [-0.3, -0.25) is 14.5 Å². The molecule has 0 bridgehead atoms. The van der Waals surface area contributed by atoms with Crippen molar-refractivity contribution in [3.63, 3.8) is 0 Å². The lowest BCUT2D eigenvalue weighted by Crippen LogP contribution is -2.52. The molecule has 7 nitrogen and oxygen atoms in total. The summed E-state index contributed by atoms with van der Waals surface area (Å²) in [6.45, 7) is 13.1. The summed E-state index contributed by atoms with van der Waals surface area (Å²) in [5.41, 5.74) is 1.80. The Kier molecular flexibility index (Phi) is 12.2. The molecule has 3 unspecified atom stereocenters. The van der Waals surface area contributed by atoms with E-state index in [1.807, 2.05) is 52.1 Å². The van der Waals surface area contributed by atoms with Gasteiger partial charge in [-0.25, -0.2) is 4.79 Å². The maximum absolute atomic E-state index is 13.7. The largest absolute Gasteiger partial charge is 0.444 e. The van der Waals surface area contributed by atoms with Crippen LogP contribution in [0.1, 0.15) is 76.6 Å². The van der Waals surface area contributed by atoms with Gasteiger partial charge in [0.25, 0.3) is 5.91 Å². The second-order valence-electron chi connectivity index (χ2n) is 9.78. The molecule has 0 fully saturated rings. The number of ether oxygens (including phenoxy) is 1. The molecule has 3 amide bonds. The number of nitrogens with zero attached hydrogens (tertiary/aromatic N) is 1. The number of benzene rings is 1. The van der Waals surface area contributed by atoms with Crippen molar-refractivity contribution in [1.29, 1.82) is 0 Å². The number of carbonyl (C=O) groups excluding carboxylic acids is 3. The average molecular weight is 504 g/mol. The van der Waals surface area contributed by atoms with Gasteiger partial charge >= 0.3 is 6.09 Å². The maximum Gasteiger partial charge on any atom is 0.408 e. The summed E-state index contributed by atoms with van der Waals surface area (Å²) in [4.78, 5) is 40.8. The van der Waals surface area contributed by atoms with Crippen LogP contribution in [0.2, 0.25) is 0 Å². The van der Waals surface area contributed by atoms with Gasteiger partial charge in [-0.1, -0.05) is 43.5 Å². The van der Waals surface area contributed by atoms with E-state index in [0.29, 0.717) is 17.7 Å². The molecular formula is C27H41N3O4S. The Morgan fingerprint density at radius 2 is 1.83 bits per heavy atom. The number of nitrogens with one attached hydrogen (secondary N) is 2. The summed E-state index contributed by atoms with van der Waals surface area (Å²) in [6, 6.07) is 6.04. The number of hydrogen-bond donors (Lipinski definition) is 2. The van der Waals surface area contributed by atoms with Crippen LogP contribution in [0.5, 0.6) is 0 Å². The van der Waals surface area contributed by atoms with E-state index in [2.05, 4.69) is 16.7 Å². The smallest absolute Gasteiger partial charge is 0.408 e. The van der Waals surface area contributed by atoms with Crippen molar-refractivity contribution in [3.05, 3.63) is 34.9 Å². The first-order valence-electron chi connectivity index (χ1n) is 12.0. The van der Waals surface area contributed by atoms with Crippen molar-refractivity contribution in [1.82, 2.24) is 15.5 Å². The highest BCUT2D eigenvalue weighted by molar-refractivity contribution is 7.98. The van der Waals surface area contributed by atoms with Crippen molar-refractivity contribution in [2.45, 2.75) is 91.5 Å². The molecule has 0 aromatic heterocycles. The van der Waals surface area contributed by atoms with E-state index in [0.717, 1.165) is 28.9 Å². The summed E-state index contributed by atoms with van der Waals surface area (Å²) >= 11 is 1.54. The first-order chi connectivity index (χ1) is 16.3. The number of thioether (sulfide) groups is 1. The van der Waals surface area contributed by atoms with E-state index < -0.39 is 29.7 Å². The molecule has 0 aliphatic carbocycles. The molecule has 0 saturated heterocycles. The van der Waals surface area contributed by atoms with E-state index in [1.165, 1.54) is 0 Å². The van der Waals surface area contributed by atoms with Crippen LogP contribution < -0.4 is 10.6 Å². The number of aryl methyl sites for hydroxylation is 2. The highest BCUT2D eigenvalue weighted by Crippen LogP contribution is 2.26. The van der Waals surface area contributed by atoms with Gasteiger partial charge in [-0.05, 0) is 77.5 Å². The van der Waals surface area contributed by atoms with Gasteiger partial charge in [0.1, 0.15) is 17.7 Å². The summed E-state index contributed by atoms with van der Waals surface area (Å²) in [5, 5.41) is 5.66. The van der Waals surface area contributed by atoms with Crippen LogP contribution in [0, 0.1) is 26.3 Å². The lowest BCUT2D eigenvalue weighted by atomic mass is 9.96. The topological polar surface area (TPSA) is 87.7 Å². The molecule has 194 valence electrons. The molecule has 0 aliphatic heterocycles. The minimum absolute atomic E-state index is 0.0809. The van der Waals surface area contributed by atoms with Crippen LogP contribution in [-0.4, -0.2) is 52.5 Å². The predicted octanol–water partition coefficient (Wildman–Crippen LogP) is 4.72. The highest BCUT2D eigenvalue weighted by atomic mass is 32.2. The van der Waals surface area contributed by atoms with Crippen molar-refractivity contribution in [2.75, 3.05) is 12.0 Å². The molecule has 8 heteroatoms. The maximum atomic E-state index is 13.7. The fraction of sp³-hybridized carbons (Fsp3) is 0.593. The molecular weight excluding hydrogens is 462 g/mol. The Labute approximate surface area is 215 Å². The minimum atomic E-state index is -1.04. The molecule has 3 atom stereocenters. The van der Waals surface area contributed by atoms with E-state index in [1.54, 1.807) is 32.5 Å². The number of hydrogen-bond acceptors (Lipinski definition) is 5. The van der Waals surface area contributed by atoms with Gasteiger partial charge in [0.15, 0.2) is 0 Å². The zero-order valence-corrected chi connectivity index (χ0v) is 23.2. The average Bonchev–Trinajstić information content (AvgIpc) is 2.73. The van der Waals surface area contributed by atoms with Crippen molar-refractivity contribution < 1.29 is 19.1 Å². The van der Waals surface area contributed by atoms with Crippen LogP contribution in [-0.2, 0) is 14.3 Å². The van der Waals surface area contributed by atoms with Crippen LogP contribution in [0.4, 0.5) is 4.79 Å². The Morgan fingerprint density at radius 1 is 1.17 bits per heavy atom. The summed E-state index contributed by atoms with van der Waals surface area (Å²) < 4.78 is 5.36. The first-order valence-corrected chi connectivity index (χ1v) is 13.4. The number of terminal acetylenes is 1. The second kappa shape index (κ2) is 14.0. The third-order valence-corrected chi connectivity index (χ3v) is 5.96. The van der Waals surface area contributed by atoms with Crippen molar-refractivity contribution in [3.8, 4) is 12.5 Å². The number of alkyl carbamates (subject to hydrolysis) is 1. The van der Waals surface area contributed by atoms with E-state index in [-0.39, 0.29) is 11.9 Å². The summed E-state index contributed by atoms with van der Waals surface area (Å²) in [5.74, 6) is -0.278. The third kappa shape index (κ3) is 9.85. The molecule has 35 heavy (non-hydrogen) atoms. The lowest BCUT2D eigenvalue weighted by molar-refractivity contribution is -0.138. The fourth-order valence-corrected chi connectivity index (χ4v) is 4.20. The van der Waals surface area contributed by atoms with Crippen molar-refractivity contribution >= 4 is 29.7 Å². The molecule has 2 N–H and O–H groups in total. The van der Waals surface area contributed by atoms with Gasteiger partial charge in [-0.2, -0.15) is 11.8 Å². The third-order valence-electron chi connectivity index (χ3n) is 5.31. The first kappa shape index (κ1) is 30.4. The van der Waals surface area contributed by atoms with Gasteiger partial charge in [0, 0.05) is 12.1 Å². The number of amides is 3. The minimum Gasteiger partial charge on any atom is -0.444 e. The van der Waals surface area contributed by atoms with E-state index >= 15 is 0 Å². The molecule has 0 heterocycles. The normalized spacial score (nSPS) is 13.7. The number of rotatable bonds is 11. The molecule has 0 spiro atoms. The molecule has 0 radical (unpaired) electrons. The molecule has 0 aliphatic rings. The summed E-state index contributed by atoms with van der Waals surface area (Å²) in [7, 11) is 0. The van der Waals surface area contributed by atoms with Crippen LogP contribution in [0.3, 0.4) is 0 Å². The van der Waals surface area contributed by atoms with E-state index in [9.17, 15) is 14.4 Å². The highest BCUT2D eigenvalue weighted by Gasteiger charge is 2.36. The Bertz CT molecular complexity index is 920. The van der Waals surface area contributed by atoms with Crippen LogP contribution in [0.25, 0.3) is 0 Å². The van der Waals surface area contributed by atoms with E-state index in [4.69, 9.17) is 11.2 Å². The standard InChI is InChI=1S/C27H41N3O4S/c1-10-12-20(5)28-24(31)23(21-14-13-18(3)17-19(21)4)30(11-2)25(32)22(15-16-35-9)29-26(33)34-27(6,7)8/h2,13-14,17,20,22-23H,10,12,15-16H2,1,3-9H3,(H,28,31)(H,29,33). The Balaban J connectivity index is 3.41. The SMILES string of the molecule is C#CN(C(=O)C(CCSC)NC(=O)OC(C)(C)C)C(C(=O)NC(C)CCC)c1ccc(C)cc1C. The Hall–Kier alpha value is -2.66. The van der Waals surface area contributed by atoms with Gasteiger partial charge in [-0.15, -0.1) is 0 Å².